The Balaban J connectivity index is 3.40. The number of rotatable bonds is 18. The highest BCUT2D eigenvalue weighted by Gasteiger charge is 2.12. The van der Waals surface area contributed by atoms with Gasteiger partial charge in [-0.1, -0.05) is 63.3 Å². The average molecular weight is 369 g/mol. The van der Waals surface area contributed by atoms with E-state index in [-0.39, 0.29) is 19.2 Å². The molecule has 0 radical (unpaired) electrons. The molecule has 4 nitrogen and oxygen atoms in total. The molecule has 0 saturated heterocycles. The Morgan fingerprint density at radius 2 is 1.54 bits per heavy atom. The Kier molecular flexibility index (Phi) is 19.3. The van der Waals surface area contributed by atoms with Gasteiger partial charge in [0.1, 0.15) is 6.10 Å². The Bertz CT molecular complexity index is 363. The standard InChI is InChI=1S/C22H40O4/c1-3-4-5-6-7-8-9-10-11-12-13-14-15-16-17-18-22(24)26-21(19-23)20-25-2/h7-8,10-11,21,23H,3-6,9,12-20H2,1-2H3/b8-7-,11-10-. The molecule has 1 unspecified atom stereocenters. The lowest BCUT2D eigenvalue weighted by Gasteiger charge is -2.14. The molecule has 0 aromatic carbocycles. The number of aliphatic hydroxyl groups excluding tert-OH is 1. The largest absolute Gasteiger partial charge is 0.457 e. The quantitative estimate of drug-likeness (QED) is 0.201. The third-order valence-corrected chi connectivity index (χ3v) is 4.19. The van der Waals surface area contributed by atoms with Gasteiger partial charge in [-0.2, -0.15) is 0 Å². The van der Waals surface area contributed by atoms with E-state index >= 15 is 0 Å². The van der Waals surface area contributed by atoms with Crippen LogP contribution in [0.25, 0.3) is 0 Å². The highest BCUT2D eigenvalue weighted by molar-refractivity contribution is 5.69. The van der Waals surface area contributed by atoms with Crippen LogP contribution >= 0.6 is 0 Å². The summed E-state index contributed by atoms with van der Waals surface area (Å²) in [7, 11) is 1.52. The zero-order chi connectivity index (χ0) is 19.3. The smallest absolute Gasteiger partial charge is 0.306 e. The molecule has 0 aliphatic heterocycles. The van der Waals surface area contributed by atoms with E-state index in [1.165, 1.54) is 45.6 Å². The Morgan fingerprint density at radius 3 is 2.15 bits per heavy atom. The number of hydrogen-bond donors (Lipinski definition) is 1. The molecular weight excluding hydrogens is 328 g/mol. The number of hydrogen-bond acceptors (Lipinski definition) is 4. The van der Waals surface area contributed by atoms with Gasteiger partial charge in [0.15, 0.2) is 0 Å². The van der Waals surface area contributed by atoms with E-state index in [0.29, 0.717) is 6.42 Å². The number of ether oxygens (including phenoxy) is 2. The lowest BCUT2D eigenvalue weighted by molar-refractivity contribution is -0.154. The Morgan fingerprint density at radius 1 is 0.923 bits per heavy atom. The number of aliphatic hydroxyl groups is 1. The van der Waals surface area contributed by atoms with Crippen molar-refractivity contribution < 1.29 is 19.4 Å². The van der Waals surface area contributed by atoms with Crippen molar-refractivity contribution in [2.45, 2.75) is 90.1 Å². The van der Waals surface area contributed by atoms with Crippen molar-refractivity contribution in [3.63, 3.8) is 0 Å². The van der Waals surface area contributed by atoms with Crippen LogP contribution in [-0.4, -0.2) is 37.5 Å². The summed E-state index contributed by atoms with van der Waals surface area (Å²) in [5.74, 6) is -0.244. The maximum atomic E-state index is 11.6. The minimum atomic E-state index is -0.537. The van der Waals surface area contributed by atoms with Crippen molar-refractivity contribution in [1.82, 2.24) is 0 Å². The second kappa shape index (κ2) is 20.2. The number of carbonyl (C=O) groups is 1. The number of carbonyl (C=O) groups excluding carboxylic acids is 1. The van der Waals surface area contributed by atoms with E-state index < -0.39 is 6.10 Å². The first kappa shape index (κ1) is 24.9. The van der Waals surface area contributed by atoms with Gasteiger partial charge in [0.2, 0.25) is 0 Å². The van der Waals surface area contributed by atoms with Crippen LogP contribution in [0.2, 0.25) is 0 Å². The maximum absolute atomic E-state index is 11.6. The van der Waals surface area contributed by atoms with E-state index in [2.05, 4.69) is 31.2 Å². The van der Waals surface area contributed by atoms with E-state index in [1.54, 1.807) is 0 Å². The SMILES string of the molecule is CCCCC/C=C\C/C=C\CCCCCCCC(=O)OC(CO)COC. The van der Waals surface area contributed by atoms with Gasteiger partial charge < -0.3 is 14.6 Å². The van der Waals surface area contributed by atoms with Gasteiger partial charge in [-0.05, 0) is 38.5 Å². The predicted molar refractivity (Wildman–Crippen MR) is 108 cm³/mol. The summed E-state index contributed by atoms with van der Waals surface area (Å²) >= 11 is 0. The number of esters is 1. The zero-order valence-corrected chi connectivity index (χ0v) is 17.0. The fourth-order valence-electron chi connectivity index (χ4n) is 2.64. The molecule has 0 amide bonds. The van der Waals surface area contributed by atoms with Crippen LogP contribution in [0.5, 0.6) is 0 Å². The van der Waals surface area contributed by atoms with Gasteiger partial charge in [0.25, 0.3) is 0 Å². The van der Waals surface area contributed by atoms with Crippen molar-refractivity contribution >= 4 is 5.97 Å². The second-order valence-corrected chi connectivity index (χ2v) is 6.73. The molecule has 0 saturated carbocycles. The zero-order valence-electron chi connectivity index (χ0n) is 17.0. The molecule has 0 rings (SSSR count). The highest BCUT2D eigenvalue weighted by atomic mass is 16.6. The van der Waals surface area contributed by atoms with Crippen molar-refractivity contribution in [1.29, 1.82) is 0 Å². The summed E-state index contributed by atoms with van der Waals surface area (Å²) in [5.41, 5.74) is 0. The lowest BCUT2D eigenvalue weighted by atomic mass is 10.1. The molecule has 1 atom stereocenters. The van der Waals surface area contributed by atoms with E-state index in [9.17, 15) is 4.79 Å². The van der Waals surface area contributed by atoms with E-state index in [1.807, 2.05) is 0 Å². The molecule has 0 bridgehead atoms. The number of methoxy groups -OCH3 is 1. The first-order valence-corrected chi connectivity index (χ1v) is 10.3. The molecule has 0 aliphatic rings. The Labute approximate surface area is 160 Å². The van der Waals surface area contributed by atoms with Crippen LogP contribution in [0.15, 0.2) is 24.3 Å². The van der Waals surface area contributed by atoms with Crippen molar-refractivity contribution in [2.24, 2.45) is 0 Å². The molecule has 0 heterocycles. The van der Waals surface area contributed by atoms with Crippen molar-refractivity contribution in [3.8, 4) is 0 Å². The molecular formula is C22H40O4. The first-order chi connectivity index (χ1) is 12.7. The topological polar surface area (TPSA) is 55.8 Å². The van der Waals surface area contributed by atoms with Gasteiger partial charge in [-0.25, -0.2) is 0 Å². The van der Waals surface area contributed by atoms with Gasteiger partial charge in [-0.3, -0.25) is 4.79 Å². The molecule has 0 aromatic rings. The minimum absolute atomic E-state index is 0.193. The molecule has 1 N–H and O–H groups in total. The van der Waals surface area contributed by atoms with Crippen LogP contribution in [0.4, 0.5) is 0 Å². The first-order valence-electron chi connectivity index (χ1n) is 10.3. The molecule has 0 aliphatic carbocycles. The summed E-state index contributed by atoms with van der Waals surface area (Å²) in [5, 5.41) is 9.04. The average Bonchev–Trinajstić information content (AvgIpc) is 2.64. The van der Waals surface area contributed by atoms with Crippen LogP contribution < -0.4 is 0 Å². The van der Waals surface area contributed by atoms with Gasteiger partial charge in [0.05, 0.1) is 13.2 Å². The summed E-state index contributed by atoms with van der Waals surface area (Å²) < 4.78 is 10.0. The molecule has 26 heavy (non-hydrogen) atoms. The van der Waals surface area contributed by atoms with Crippen LogP contribution in [-0.2, 0) is 14.3 Å². The summed E-state index contributed by atoms with van der Waals surface area (Å²) in [4.78, 5) is 11.6. The Hall–Kier alpha value is -1.13. The number of unbranched alkanes of at least 4 members (excludes halogenated alkanes) is 8. The number of allylic oxidation sites excluding steroid dienone is 4. The van der Waals surface area contributed by atoms with Crippen molar-refractivity contribution in [2.75, 3.05) is 20.3 Å². The monoisotopic (exact) mass is 368 g/mol. The molecule has 0 spiro atoms. The highest BCUT2D eigenvalue weighted by Crippen LogP contribution is 2.09. The van der Waals surface area contributed by atoms with Crippen molar-refractivity contribution in [3.05, 3.63) is 24.3 Å². The van der Waals surface area contributed by atoms with Gasteiger partial charge in [0, 0.05) is 13.5 Å². The second-order valence-electron chi connectivity index (χ2n) is 6.73. The summed E-state index contributed by atoms with van der Waals surface area (Å²) in [6.45, 7) is 2.28. The van der Waals surface area contributed by atoms with Crippen LogP contribution in [0, 0.1) is 0 Å². The van der Waals surface area contributed by atoms with E-state index in [0.717, 1.165) is 32.1 Å². The molecule has 0 fully saturated rings. The third kappa shape index (κ3) is 17.7. The van der Waals surface area contributed by atoms with Gasteiger partial charge in [-0.15, -0.1) is 0 Å². The molecule has 4 heteroatoms. The summed E-state index contributed by atoms with van der Waals surface area (Å²) in [6.07, 6.45) is 21.8. The fraction of sp³-hybridized carbons (Fsp3) is 0.773. The normalized spacial score (nSPS) is 12.9. The van der Waals surface area contributed by atoms with Crippen LogP contribution in [0.3, 0.4) is 0 Å². The van der Waals surface area contributed by atoms with E-state index in [4.69, 9.17) is 14.6 Å². The fourth-order valence-corrected chi connectivity index (χ4v) is 2.64. The summed E-state index contributed by atoms with van der Waals surface area (Å²) in [6, 6.07) is 0. The van der Waals surface area contributed by atoms with Crippen LogP contribution in [0.1, 0.15) is 84.0 Å². The predicted octanol–water partition coefficient (Wildman–Crippen LogP) is 5.35. The van der Waals surface area contributed by atoms with Gasteiger partial charge >= 0.3 is 5.97 Å². The third-order valence-electron chi connectivity index (χ3n) is 4.19. The lowest BCUT2D eigenvalue weighted by Crippen LogP contribution is -2.26. The minimum Gasteiger partial charge on any atom is -0.457 e. The molecule has 0 aromatic heterocycles. The maximum Gasteiger partial charge on any atom is 0.306 e. The molecule has 152 valence electrons.